The van der Waals surface area contributed by atoms with E-state index in [-0.39, 0.29) is 29.9 Å². The van der Waals surface area contributed by atoms with E-state index in [9.17, 15) is 14.7 Å². The number of carbonyl (C=O) groups is 2. The average Bonchev–Trinajstić information content (AvgIpc) is 3.46. The maximum atomic E-state index is 12.7. The zero-order valence-corrected chi connectivity index (χ0v) is 21.4. The fourth-order valence-electron chi connectivity index (χ4n) is 3.60. The molecule has 1 aliphatic heterocycles. The number of ketones is 2. The largest absolute Gasteiger partial charge is 0.506 e. The van der Waals surface area contributed by atoms with Gasteiger partial charge >= 0.3 is 0 Å². The molecule has 2 N–H and O–H groups in total. The zero-order valence-electron chi connectivity index (χ0n) is 18.2. The lowest BCUT2D eigenvalue weighted by molar-refractivity contribution is 0.0372. The molecule has 0 aliphatic carbocycles. The van der Waals surface area contributed by atoms with Crippen LogP contribution in [0.3, 0.4) is 0 Å². The van der Waals surface area contributed by atoms with Crippen molar-refractivity contribution < 1.29 is 19.4 Å². The maximum Gasteiger partial charge on any atom is 0.186 e. The van der Waals surface area contributed by atoms with Crippen molar-refractivity contribution in [2.45, 2.75) is 13.0 Å². The topological polar surface area (TPSA) is 78.9 Å². The fourth-order valence-corrected chi connectivity index (χ4v) is 5.80. The molecule has 0 saturated carbocycles. The van der Waals surface area contributed by atoms with Crippen LogP contribution in [0.2, 0.25) is 0 Å². The second kappa shape index (κ2) is 11.0. The first-order valence-electron chi connectivity index (χ1n) is 10.7. The van der Waals surface area contributed by atoms with Gasteiger partial charge in [-0.25, -0.2) is 0 Å². The average molecular weight is 550 g/mol. The van der Waals surface area contributed by atoms with Crippen LogP contribution in [0.4, 0.5) is 0 Å². The first kappa shape index (κ1) is 24.3. The number of morpholine rings is 1. The van der Waals surface area contributed by atoms with E-state index in [2.05, 4.69) is 26.1 Å². The molecule has 174 valence electrons. The molecule has 0 spiro atoms. The highest BCUT2D eigenvalue weighted by Crippen LogP contribution is 2.41. The second-order valence-electron chi connectivity index (χ2n) is 7.88. The number of benzene rings is 1. The molecule has 33 heavy (non-hydrogen) atoms. The Balaban J connectivity index is 1.33. The minimum atomic E-state index is -0.197. The number of Topliss-reactive ketones (excluding diaryl/α,β-unsaturated/α-hetero) is 2. The summed E-state index contributed by atoms with van der Waals surface area (Å²) in [5.74, 6) is 0.202. The quantitative estimate of drug-likeness (QED) is 0.366. The van der Waals surface area contributed by atoms with E-state index in [0.29, 0.717) is 29.5 Å². The van der Waals surface area contributed by atoms with Crippen LogP contribution in [-0.4, -0.2) is 61.0 Å². The van der Waals surface area contributed by atoms with Crippen LogP contribution >= 0.6 is 38.6 Å². The lowest BCUT2D eigenvalue weighted by Gasteiger charge is -2.25. The summed E-state index contributed by atoms with van der Waals surface area (Å²) < 4.78 is 6.30. The predicted octanol–water partition coefficient (Wildman–Crippen LogP) is 4.99. The molecule has 3 aromatic rings. The van der Waals surface area contributed by atoms with E-state index in [0.717, 1.165) is 33.6 Å². The summed E-state index contributed by atoms with van der Waals surface area (Å²) in [6.07, 6.45) is 0. The molecule has 0 radical (unpaired) electrons. The maximum absolute atomic E-state index is 12.7. The van der Waals surface area contributed by atoms with Crippen LogP contribution in [0.5, 0.6) is 5.75 Å². The van der Waals surface area contributed by atoms with E-state index >= 15 is 0 Å². The van der Waals surface area contributed by atoms with Crippen molar-refractivity contribution in [3.05, 3.63) is 61.6 Å². The number of hydrogen-bond donors (Lipinski definition) is 2. The van der Waals surface area contributed by atoms with Gasteiger partial charge in [0.05, 0.1) is 40.9 Å². The van der Waals surface area contributed by atoms with Crippen LogP contribution in [0.25, 0.3) is 10.4 Å². The normalized spacial score (nSPS) is 15.5. The highest BCUT2D eigenvalue weighted by atomic mass is 79.9. The predicted molar refractivity (Wildman–Crippen MR) is 136 cm³/mol. The highest BCUT2D eigenvalue weighted by Gasteiger charge is 2.20. The Morgan fingerprint density at radius 2 is 1.79 bits per heavy atom. The monoisotopic (exact) mass is 548 g/mol. The van der Waals surface area contributed by atoms with Crippen molar-refractivity contribution in [2.75, 3.05) is 39.4 Å². The SMILES string of the molecule is CC(NCC(=O)c1ccc(C(=O)CN2CCOCC2)s1)c1csc(-c2ccc(Br)cc2)c1O. The highest BCUT2D eigenvalue weighted by molar-refractivity contribution is 9.10. The number of halogens is 1. The fraction of sp³-hybridized carbons (Fsp3) is 0.333. The molecular weight excluding hydrogens is 524 g/mol. The van der Waals surface area contributed by atoms with Gasteiger partial charge in [-0.3, -0.25) is 14.5 Å². The second-order valence-corrected chi connectivity index (χ2v) is 10.8. The molecule has 9 heteroatoms. The molecule has 4 rings (SSSR count). The summed E-state index contributed by atoms with van der Waals surface area (Å²) in [5, 5.41) is 15.9. The van der Waals surface area contributed by atoms with Crippen molar-refractivity contribution in [3.8, 4) is 16.2 Å². The molecule has 0 amide bonds. The number of nitrogens with one attached hydrogen (secondary N) is 1. The Morgan fingerprint density at radius 1 is 1.12 bits per heavy atom. The van der Waals surface area contributed by atoms with Gasteiger partial charge in [0.25, 0.3) is 0 Å². The zero-order chi connectivity index (χ0) is 23.4. The summed E-state index contributed by atoms with van der Waals surface area (Å²) in [7, 11) is 0. The van der Waals surface area contributed by atoms with Crippen molar-refractivity contribution >= 4 is 50.2 Å². The Hall–Kier alpha value is -1.88. The smallest absolute Gasteiger partial charge is 0.186 e. The van der Waals surface area contributed by atoms with E-state index in [1.807, 2.05) is 36.6 Å². The molecule has 1 atom stereocenters. The molecule has 2 aromatic heterocycles. The van der Waals surface area contributed by atoms with Crippen molar-refractivity contribution in [3.63, 3.8) is 0 Å². The number of hydrogen-bond acceptors (Lipinski definition) is 8. The third-order valence-corrected chi connectivity index (χ3v) is 8.29. The lowest BCUT2D eigenvalue weighted by Crippen LogP contribution is -2.39. The number of carbonyl (C=O) groups excluding carboxylic acids is 2. The van der Waals surface area contributed by atoms with Crippen molar-refractivity contribution in [1.29, 1.82) is 0 Å². The lowest BCUT2D eigenvalue weighted by atomic mass is 10.1. The Labute approximate surface area is 209 Å². The van der Waals surface area contributed by atoms with Gasteiger partial charge in [-0.2, -0.15) is 0 Å². The van der Waals surface area contributed by atoms with Crippen LogP contribution in [-0.2, 0) is 4.74 Å². The molecule has 0 bridgehead atoms. The molecule has 6 nitrogen and oxygen atoms in total. The van der Waals surface area contributed by atoms with Crippen LogP contribution in [0, 0.1) is 0 Å². The van der Waals surface area contributed by atoms with Gasteiger partial charge < -0.3 is 15.2 Å². The van der Waals surface area contributed by atoms with Gasteiger partial charge in [0.15, 0.2) is 11.6 Å². The molecule has 1 aromatic carbocycles. The Bertz CT molecular complexity index is 1120. The summed E-state index contributed by atoms with van der Waals surface area (Å²) in [6.45, 7) is 5.21. The minimum Gasteiger partial charge on any atom is -0.506 e. The number of ether oxygens (including phenoxy) is 1. The van der Waals surface area contributed by atoms with Crippen molar-refractivity contribution in [2.24, 2.45) is 0 Å². The van der Waals surface area contributed by atoms with Gasteiger partial charge in [0.1, 0.15) is 5.75 Å². The Morgan fingerprint density at radius 3 is 2.48 bits per heavy atom. The third-order valence-electron chi connectivity index (χ3n) is 5.56. The van der Waals surface area contributed by atoms with E-state index < -0.39 is 0 Å². The first-order chi connectivity index (χ1) is 15.9. The summed E-state index contributed by atoms with van der Waals surface area (Å²) >= 11 is 6.14. The van der Waals surface area contributed by atoms with Crippen LogP contribution in [0.15, 0.2) is 46.3 Å². The molecule has 1 aliphatic rings. The van der Waals surface area contributed by atoms with Crippen molar-refractivity contribution in [1.82, 2.24) is 10.2 Å². The number of rotatable bonds is 9. The summed E-state index contributed by atoms with van der Waals surface area (Å²) in [4.78, 5) is 29.3. The molecule has 1 fully saturated rings. The number of nitrogens with zero attached hydrogens (tertiary/aromatic N) is 1. The van der Waals surface area contributed by atoms with E-state index in [4.69, 9.17) is 4.74 Å². The van der Waals surface area contributed by atoms with E-state index in [1.165, 1.54) is 22.7 Å². The third kappa shape index (κ3) is 5.98. The summed E-state index contributed by atoms with van der Waals surface area (Å²) in [5.41, 5.74) is 1.71. The number of thiophene rings is 2. The molecule has 3 heterocycles. The summed E-state index contributed by atoms with van der Waals surface area (Å²) in [6, 6.07) is 11.0. The molecular formula is C24H25BrN2O4S2. The van der Waals surface area contributed by atoms with E-state index in [1.54, 1.807) is 12.1 Å². The van der Waals surface area contributed by atoms with Gasteiger partial charge in [-0.15, -0.1) is 22.7 Å². The minimum absolute atomic E-state index is 0.0333. The van der Waals surface area contributed by atoms with Crippen LogP contribution < -0.4 is 5.32 Å². The molecule has 1 saturated heterocycles. The van der Waals surface area contributed by atoms with Crippen LogP contribution in [0.1, 0.15) is 37.9 Å². The Kier molecular flexibility index (Phi) is 8.11. The first-order valence-corrected chi connectivity index (χ1v) is 13.2. The van der Waals surface area contributed by atoms with Gasteiger partial charge in [-0.05, 0) is 42.1 Å². The molecule has 1 unspecified atom stereocenters. The number of aromatic hydroxyl groups is 1. The van der Waals surface area contributed by atoms with Gasteiger partial charge in [-0.1, -0.05) is 28.1 Å². The standard InChI is InChI=1S/C24H25BrN2O4S2/c1-15(18-14-32-24(23(18)30)16-2-4-17(25)5-3-16)26-12-19(28)21-6-7-22(33-21)20(29)13-27-8-10-31-11-9-27/h2-7,14-15,26,30H,8-13H2,1H3. The van der Waals surface area contributed by atoms with Gasteiger partial charge in [0, 0.05) is 29.2 Å². The van der Waals surface area contributed by atoms with Gasteiger partial charge in [0.2, 0.25) is 0 Å².